The van der Waals surface area contributed by atoms with Gasteiger partial charge in [0.1, 0.15) is 28.1 Å². The Kier molecular flexibility index (Phi) is 15.0. The van der Waals surface area contributed by atoms with E-state index < -0.39 is 46.0 Å². The minimum atomic E-state index is -1.34. The highest BCUT2D eigenvalue weighted by molar-refractivity contribution is 8.00. The Morgan fingerprint density at radius 2 is 1.06 bits per heavy atom. The quantitative estimate of drug-likeness (QED) is 0.0218. The van der Waals surface area contributed by atoms with Crippen molar-refractivity contribution in [3.8, 4) is 0 Å². The van der Waals surface area contributed by atoms with Gasteiger partial charge in [0.05, 0.1) is 0 Å². The van der Waals surface area contributed by atoms with E-state index in [0.29, 0.717) is 10.9 Å². The van der Waals surface area contributed by atoms with Gasteiger partial charge in [-0.2, -0.15) is 0 Å². The molecule has 2 N–H and O–H groups in total. The van der Waals surface area contributed by atoms with Crippen molar-refractivity contribution < 1.29 is 24.0 Å². The number of thioether (sulfide) groups is 1. The average molecular weight is 1060 g/mol. The third-order valence-corrected chi connectivity index (χ3v) is 16.7. The monoisotopic (exact) mass is 1060 g/mol. The van der Waals surface area contributed by atoms with Crippen molar-refractivity contribution in [1.82, 2.24) is 15.2 Å². The first-order valence-electron chi connectivity index (χ1n) is 25.8. The number of anilines is 1. The highest BCUT2D eigenvalue weighted by atomic mass is 32.2. The summed E-state index contributed by atoms with van der Waals surface area (Å²) in [5.41, 5.74) is 3.58. The molecule has 8 aromatic carbocycles. The van der Waals surface area contributed by atoms with Crippen LogP contribution >= 0.6 is 23.1 Å². The van der Waals surface area contributed by atoms with Crippen molar-refractivity contribution in [3.63, 3.8) is 0 Å². The standard InChI is InChI=1S/C66H55N5O5S2/c1-2-43-64(62(74)75-58(47-27-11-3-12-28-47)48-29-13-4-14-30-48)45-71-60(73)57(61(71)78-46-64)68-59(72)56(70-76-66(52-37-21-8-22-38-52,53-39-23-9-24-40-53)54-41-25-10-26-42-54)55-44-77-63(67-55)69-65(49-31-15-5-16-32-49,50-33-17-6-18-34-50)51-35-19-7-20-36-51/h2-44,57-58,61H,45-46H2,1H3,(H,67,69)(H,68,72)/t57?,61-,64?/m1/s1. The third-order valence-electron chi connectivity index (χ3n) is 14.4. The number of thiazole rings is 1. The lowest BCUT2D eigenvalue weighted by molar-refractivity contribution is -0.162. The Morgan fingerprint density at radius 3 is 1.50 bits per heavy atom. The summed E-state index contributed by atoms with van der Waals surface area (Å²) in [7, 11) is 0. The lowest BCUT2D eigenvalue weighted by Gasteiger charge is -2.53. The van der Waals surface area contributed by atoms with Gasteiger partial charge < -0.3 is 25.1 Å². The van der Waals surface area contributed by atoms with Crippen LogP contribution in [0.15, 0.2) is 265 Å². The molecule has 11 rings (SSSR count). The molecule has 0 aliphatic carbocycles. The number of allylic oxidation sites excluding steroid dienone is 1. The fourth-order valence-corrected chi connectivity index (χ4v) is 12.9. The Balaban J connectivity index is 0.951. The van der Waals surface area contributed by atoms with Gasteiger partial charge in [0.25, 0.3) is 5.91 Å². The number of carbonyl (C=O) groups excluding carboxylic acids is 3. The highest BCUT2D eigenvalue weighted by Crippen LogP contribution is 2.46. The molecule has 78 heavy (non-hydrogen) atoms. The molecule has 2 saturated heterocycles. The van der Waals surface area contributed by atoms with Gasteiger partial charge >= 0.3 is 5.97 Å². The molecule has 3 atom stereocenters. The first-order chi connectivity index (χ1) is 38.3. The number of hydrogen-bond acceptors (Lipinski definition) is 10. The van der Waals surface area contributed by atoms with Crippen LogP contribution in [0.3, 0.4) is 0 Å². The lowest BCUT2D eigenvalue weighted by Crippen LogP contribution is -2.74. The van der Waals surface area contributed by atoms with Gasteiger partial charge in [-0.1, -0.05) is 260 Å². The van der Waals surface area contributed by atoms with Crippen LogP contribution in [-0.4, -0.2) is 57.1 Å². The maximum atomic E-state index is 15.3. The Morgan fingerprint density at radius 1 is 0.641 bits per heavy atom. The van der Waals surface area contributed by atoms with Crippen LogP contribution < -0.4 is 10.6 Å². The lowest BCUT2D eigenvalue weighted by atomic mass is 9.77. The molecule has 2 amide bonds. The minimum absolute atomic E-state index is 0.0697. The average Bonchev–Trinajstić information content (AvgIpc) is 4.00. The van der Waals surface area contributed by atoms with E-state index in [1.807, 2.05) is 225 Å². The molecule has 3 heterocycles. The number of nitrogens with one attached hydrogen (secondary N) is 2. The van der Waals surface area contributed by atoms with E-state index in [1.165, 1.54) is 23.1 Å². The van der Waals surface area contributed by atoms with E-state index >= 15 is 4.79 Å². The summed E-state index contributed by atoms with van der Waals surface area (Å²) in [6.45, 7) is 1.92. The smallest absolute Gasteiger partial charge is 0.319 e. The summed E-state index contributed by atoms with van der Waals surface area (Å²) in [6, 6.07) is 78.3. The molecular weight excluding hydrogens is 1010 g/mol. The van der Waals surface area contributed by atoms with Crippen LogP contribution in [0.25, 0.3) is 0 Å². The Bertz CT molecular complexity index is 3310. The molecule has 2 aliphatic heterocycles. The third kappa shape index (κ3) is 9.92. The first-order valence-corrected chi connectivity index (χ1v) is 27.8. The van der Waals surface area contributed by atoms with Crippen LogP contribution in [0.1, 0.15) is 63.2 Å². The second-order valence-electron chi connectivity index (χ2n) is 19.2. The topological polar surface area (TPSA) is 122 Å². The van der Waals surface area contributed by atoms with E-state index in [1.54, 1.807) is 10.3 Å². The summed E-state index contributed by atoms with van der Waals surface area (Å²) >= 11 is 2.75. The molecule has 12 heteroatoms. The zero-order valence-corrected chi connectivity index (χ0v) is 44.3. The van der Waals surface area contributed by atoms with Crippen molar-refractivity contribution in [2.45, 2.75) is 35.6 Å². The largest absolute Gasteiger partial charge is 0.452 e. The molecule has 9 aromatic rings. The molecule has 2 unspecified atom stereocenters. The molecule has 0 bridgehead atoms. The number of fused-ring (bicyclic) bond motifs is 1. The SMILES string of the molecule is CC=CC1(C(=O)OC(c2ccccc2)c2ccccc2)CS[C@@H]2C(NC(=O)C(=NOC(c3ccccc3)(c3ccccc3)c3ccccc3)c3csc(NC(c4ccccc4)(c4ccccc4)c4ccccc4)n3)C(=O)N2C1. The summed E-state index contributed by atoms with van der Waals surface area (Å²) in [6.07, 6.45) is 3.00. The van der Waals surface area contributed by atoms with Gasteiger partial charge in [0, 0.05) is 34.4 Å². The highest BCUT2D eigenvalue weighted by Gasteiger charge is 2.57. The van der Waals surface area contributed by atoms with E-state index in [-0.39, 0.29) is 23.9 Å². The maximum Gasteiger partial charge on any atom is 0.319 e. The molecule has 386 valence electrons. The number of benzene rings is 8. The van der Waals surface area contributed by atoms with Crippen LogP contribution in [0.4, 0.5) is 5.13 Å². The predicted octanol–water partition coefficient (Wildman–Crippen LogP) is 12.6. The van der Waals surface area contributed by atoms with Crippen molar-refractivity contribution >= 4 is 51.7 Å². The van der Waals surface area contributed by atoms with Crippen LogP contribution in [0.5, 0.6) is 0 Å². The molecule has 1 aromatic heterocycles. The van der Waals surface area contributed by atoms with Crippen molar-refractivity contribution in [3.05, 3.63) is 310 Å². The van der Waals surface area contributed by atoms with Crippen molar-refractivity contribution in [2.24, 2.45) is 10.6 Å². The minimum Gasteiger partial charge on any atom is -0.452 e. The number of nitrogens with zero attached hydrogens (tertiary/aromatic N) is 3. The molecular formula is C66H55N5O5S2. The van der Waals surface area contributed by atoms with Gasteiger partial charge in [-0.25, -0.2) is 4.98 Å². The number of carbonyl (C=O) groups is 3. The molecule has 2 fully saturated rings. The van der Waals surface area contributed by atoms with E-state index in [0.717, 1.165) is 44.5 Å². The molecule has 2 aliphatic rings. The second kappa shape index (κ2) is 22.8. The van der Waals surface area contributed by atoms with Crippen molar-refractivity contribution in [1.29, 1.82) is 0 Å². The number of β-lactam (4-membered cyclic amide) rings is 1. The van der Waals surface area contributed by atoms with Gasteiger partial charge in [-0.3, -0.25) is 14.4 Å². The number of aromatic nitrogens is 1. The van der Waals surface area contributed by atoms with Gasteiger partial charge in [0.2, 0.25) is 11.5 Å². The van der Waals surface area contributed by atoms with Crippen LogP contribution in [0, 0.1) is 5.41 Å². The fraction of sp³-hybridized carbons (Fsp3) is 0.136. The maximum absolute atomic E-state index is 15.3. The molecule has 0 radical (unpaired) electrons. The zero-order chi connectivity index (χ0) is 53.4. The summed E-state index contributed by atoms with van der Waals surface area (Å²) in [5.74, 6) is -1.14. The number of oxime groups is 1. The zero-order valence-electron chi connectivity index (χ0n) is 42.7. The fourth-order valence-electron chi connectivity index (χ4n) is 10.6. The number of amides is 2. The molecule has 10 nitrogen and oxygen atoms in total. The molecule has 0 spiro atoms. The van der Waals surface area contributed by atoms with Gasteiger partial charge in [-0.05, 0) is 34.7 Å². The van der Waals surface area contributed by atoms with Crippen molar-refractivity contribution in [2.75, 3.05) is 17.6 Å². The van der Waals surface area contributed by atoms with E-state index in [4.69, 9.17) is 19.7 Å². The van der Waals surface area contributed by atoms with Gasteiger partial charge in [0.15, 0.2) is 16.9 Å². The summed E-state index contributed by atoms with van der Waals surface area (Å²) < 4.78 is 6.44. The normalized spacial score (nSPS) is 17.4. The van der Waals surface area contributed by atoms with Crippen LogP contribution in [0.2, 0.25) is 0 Å². The number of hydrogen-bond donors (Lipinski definition) is 2. The predicted molar refractivity (Wildman–Crippen MR) is 310 cm³/mol. The Labute approximate surface area is 462 Å². The second-order valence-corrected chi connectivity index (χ2v) is 21.2. The van der Waals surface area contributed by atoms with Crippen LogP contribution in [-0.2, 0) is 35.1 Å². The number of rotatable bonds is 18. The summed E-state index contributed by atoms with van der Waals surface area (Å²) in [4.78, 5) is 58.3. The summed E-state index contributed by atoms with van der Waals surface area (Å²) in [5, 5.41) is 13.6. The van der Waals surface area contributed by atoms with Gasteiger partial charge in [-0.15, -0.1) is 23.1 Å². The molecule has 0 saturated carbocycles. The first kappa shape index (κ1) is 51.3. The number of ether oxygens (including phenoxy) is 1. The number of esters is 1. The Hall–Kier alpha value is -8.84. The van der Waals surface area contributed by atoms with E-state index in [9.17, 15) is 9.59 Å². The van der Waals surface area contributed by atoms with E-state index in [2.05, 4.69) is 47.0 Å².